The zero-order valence-corrected chi connectivity index (χ0v) is 11.3. The highest BCUT2D eigenvalue weighted by molar-refractivity contribution is 7.10. The van der Waals surface area contributed by atoms with Crippen LogP contribution in [0.15, 0.2) is 53.6 Å². The zero-order valence-electron chi connectivity index (χ0n) is 10.4. The second kappa shape index (κ2) is 6.53. The highest BCUT2D eigenvalue weighted by Gasteiger charge is 2.11. The van der Waals surface area contributed by atoms with Crippen molar-refractivity contribution in [3.8, 4) is 12.1 Å². The van der Waals surface area contributed by atoms with Crippen LogP contribution in [0, 0.1) is 22.7 Å². The molecule has 0 saturated carbocycles. The first-order valence-electron chi connectivity index (χ1n) is 5.83. The first kappa shape index (κ1) is 13.8. The summed E-state index contributed by atoms with van der Waals surface area (Å²) in [6, 6.07) is 14.5. The van der Waals surface area contributed by atoms with Gasteiger partial charge in [-0.1, -0.05) is 18.2 Å². The number of anilines is 1. The second-order valence-corrected chi connectivity index (χ2v) is 4.95. The molecule has 1 aromatic heterocycles. The lowest BCUT2D eigenvalue weighted by atomic mass is 10.1. The van der Waals surface area contributed by atoms with Gasteiger partial charge in [0, 0.05) is 16.8 Å². The maximum absolute atomic E-state index is 10.2. The molecule has 0 bridgehead atoms. The average Bonchev–Trinajstić information content (AvgIpc) is 3.02. The van der Waals surface area contributed by atoms with E-state index < -0.39 is 6.10 Å². The maximum atomic E-state index is 10.2. The lowest BCUT2D eigenvalue weighted by Crippen LogP contribution is -1.98. The maximum Gasteiger partial charge on any atom is 0.145 e. The molecule has 1 atom stereocenters. The molecule has 20 heavy (non-hydrogen) atoms. The molecule has 0 aliphatic carbocycles. The van der Waals surface area contributed by atoms with Crippen LogP contribution in [0.2, 0.25) is 0 Å². The molecule has 1 aromatic carbocycles. The monoisotopic (exact) mass is 281 g/mol. The molecule has 0 aliphatic heterocycles. The topological polar surface area (TPSA) is 79.8 Å². The number of thiophene rings is 1. The summed E-state index contributed by atoms with van der Waals surface area (Å²) in [6.07, 6.45) is 0.670. The van der Waals surface area contributed by atoms with Crippen molar-refractivity contribution < 1.29 is 5.11 Å². The first-order valence-corrected chi connectivity index (χ1v) is 6.71. The predicted octanol–water partition coefficient (Wildman–Crippen LogP) is 3.17. The van der Waals surface area contributed by atoms with Crippen LogP contribution < -0.4 is 5.32 Å². The van der Waals surface area contributed by atoms with Crippen LogP contribution in [0.1, 0.15) is 16.5 Å². The van der Waals surface area contributed by atoms with Crippen LogP contribution in [0.5, 0.6) is 0 Å². The van der Waals surface area contributed by atoms with Gasteiger partial charge >= 0.3 is 0 Å². The van der Waals surface area contributed by atoms with E-state index in [4.69, 9.17) is 10.5 Å². The van der Waals surface area contributed by atoms with Gasteiger partial charge in [-0.05, 0) is 29.1 Å². The van der Waals surface area contributed by atoms with Crippen LogP contribution in [0.25, 0.3) is 0 Å². The molecule has 0 saturated heterocycles. The van der Waals surface area contributed by atoms with Gasteiger partial charge in [0.25, 0.3) is 0 Å². The Morgan fingerprint density at radius 3 is 2.70 bits per heavy atom. The molecule has 1 unspecified atom stereocenters. The minimum atomic E-state index is -0.674. The standard InChI is InChI=1S/C15H11N3OS/c16-8-11(9-17)10-18-13-4-1-3-12(7-13)15(19)14-5-2-6-20-14/h1-7,10,15,18-19H. The highest BCUT2D eigenvalue weighted by Crippen LogP contribution is 2.27. The fraction of sp³-hybridized carbons (Fsp3) is 0.0667. The second-order valence-electron chi connectivity index (χ2n) is 3.97. The summed E-state index contributed by atoms with van der Waals surface area (Å²) in [5.41, 5.74) is 1.46. The number of nitriles is 2. The van der Waals surface area contributed by atoms with Crippen LogP contribution in [0.4, 0.5) is 5.69 Å². The summed E-state index contributed by atoms with van der Waals surface area (Å²) in [7, 11) is 0. The van der Waals surface area contributed by atoms with Gasteiger partial charge in [-0.3, -0.25) is 0 Å². The fourth-order valence-electron chi connectivity index (χ4n) is 1.65. The van der Waals surface area contributed by atoms with E-state index >= 15 is 0 Å². The van der Waals surface area contributed by atoms with Gasteiger partial charge in [0.05, 0.1) is 0 Å². The minimum Gasteiger partial charge on any atom is -0.383 e. The highest BCUT2D eigenvalue weighted by atomic mass is 32.1. The number of rotatable bonds is 4. The van der Waals surface area contributed by atoms with E-state index in [-0.39, 0.29) is 5.57 Å². The molecule has 1 heterocycles. The zero-order chi connectivity index (χ0) is 14.4. The van der Waals surface area contributed by atoms with Crippen molar-refractivity contribution in [3.63, 3.8) is 0 Å². The Morgan fingerprint density at radius 2 is 2.05 bits per heavy atom. The lowest BCUT2D eigenvalue weighted by Gasteiger charge is -2.10. The number of nitrogens with one attached hydrogen (secondary N) is 1. The summed E-state index contributed by atoms with van der Waals surface area (Å²) >= 11 is 1.49. The number of allylic oxidation sites excluding steroid dienone is 1. The van der Waals surface area contributed by atoms with Gasteiger partial charge in [0.15, 0.2) is 0 Å². The van der Waals surface area contributed by atoms with E-state index in [1.807, 2.05) is 23.6 Å². The molecular weight excluding hydrogens is 270 g/mol. The third-order valence-corrected chi connectivity index (χ3v) is 3.56. The number of aliphatic hydroxyl groups is 1. The number of hydrogen-bond donors (Lipinski definition) is 2. The Balaban J connectivity index is 2.19. The number of aliphatic hydroxyl groups excluding tert-OH is 1. The quantitative estimate of drug-likeness (QED) is 0.843. The van der Waals surface area contributed by atoms with E-state index in [2.05, 4.69) is 5.32 Å². The molecule has 2 N–H and O–H groups in total. The molecule has 2 rings (SSSR count). The summed E-state index contributed by atoms with van der Waals surface area (Å²) in [6.45, 7) is 0. The van der Waals surface area contributed by atoms with Crippen molar-refractivity contribution in [3.05, 3.63) is 64.0 Å². The Kier molecular flexibility index (Phi) is 4.52. The lowest BCUT2D eigenvalue weighted by molar-refractivity contribution is 0.224. The summed E-state index contributed by atoms with van der Waals surface area (Å²) in [5, 5.41) is 32.3. The molecule has 5 heteroatoms. The Hall–Kier alpha value is -2.60. The van der Waals surface area contributed by atoms with Crippen LogP contribution in [0.3, 0.4) is 0 Å². The molecule has 0 aliphatic rings. The number of hydrogen-bond acceptors (Lipinski definition) is 5. The first-order chi connectivity index (χ1) is 9.74. The minimum absolute atomic E-state index is 0.00536. The number of nitrogens with zero attached hydrogens (tertiary/aromatic N) is 2. The SMILES string of the molecule is N#CC(C#N)=CNc1cccc(C(O)c2cccs2)c1. The van der Waals surface area contributed by atoms with Crippen LogP contribution >= 0.6 is 11.3 Å². The molecule has 0 spiro atoms. The van der Waals surface area contributed by atoms with Crippen LogP contribution in [-0.2, 0) is 0 Å². The normalized spacial score (nSPS) is 10.9. The molecule has 0 fully saturated rings. The molecule has 98 valence electrons. The number of benzene rings is 1. The Bertz CT molecular complexity index is 677. The van der Waals surface area contributed by atoms with Gasteiger partial charge in [0.1, 0.15) is 23.8 Å². The van der Waals surface area contributed by atoms with E-state index in [1.54, 1.807) is 30.3 Å². The van der Waals surface area contributed by atoms with Gasteiger partial charge in [-0.25, -0.2) is 0 Å². The van der Waals surface area contributed by atoms with Gasteiger partial charge in [0.2, 0.25) is 0 Å². The average molecular weight is 281 g/mol. The van der Waals surface area contributed by atoms with Crippen molar-refractivity contribution in [2.75, 3.05) is 5.32 Å². The molecule has 4 nitrogen and oxygen atoms in total. The van der Waals surface area contributed by atoms with Gasteiger partial charge < -0.3 is 10.4 Å². The van der Waals surface area contributed by atoms with Crippen LogP contribution in [-0.4, -0.2) is 5.11 Å². The van der Waals surface area contributed by atoms with Gasteiger partial charge in [-0.15, -0.1) is 11.3 Å². The van der Waals surface area contributed by atoms with E-state index in [0.717, 1.165) is 10.4 Å². The largest absolute Gasteiger partial charge is 0.383 e. The van der Waals surface area contributed by atoms with E-state index in [0.29, 0.717) is 5.69 Å². The fourth-order valence-corrected chi connectivity index (χ4v) is 2.39. The Labute approximate surface area is 120 Å². The summed E-state index contributed by atoms with van der Waals surface area (Å²) < 4.78 is 0. The molecule has 2 aromatic rings. The van der Waals surface area contributed by atoms with Crippen molar-refractivity contribution in [2.45, 2.75) is 6.10 Å². The summed E-state index contributed by atoms with van der Waals surface area (Å²) in [5.74, 6) is 0. The molecule has 0 radical (unpaired) electrons. The van der Waals surface area contributed by atoms with E-state index in [9.17, 15) is 5.11 Å². The van der Waals surface area contributed by atoms with Crippen molar-refractivity contribution >= 4 is 17.0 Å². The van der Waals surface area contributed by atoms with Crippen molar-refractivity contribution in [1.29, 1.82) is 10.5 Å². The van der Waals surface area contributed by atoms with E-state index in [1.165, 1.54) is 17.5 Å². The van der Waals surface area contributed by atoms with Crippen molar-refractivity contribution in [2.24, 2.45) is 0 Å². The Morgan fingerprint density at radius 1 is 1.25 bits per heavy atom. The molecule has 0 amide bonds. The molecular formula is C15H11N3OS. The van der Waals surface area contributed by atoms with Gasteiger partial charge in [-0.2, -0.15) is 10.5 Å². The van der Waals surface area contributed by atoms with Crippen molar-refractivity contribution in [1.82, 2.24) is 0 Å². The summed E-state index contributed by atoms with van der Waals surface area (Å²) in [4.78, 5) is 0.868. The predicted molar refractivity (Wildman–Crippen MR) is 77.8 cm³/mol. The third-order valence-electron chi connectivity index (χ3n) is 2.64. The smallest absolute Gasteiger partial charge is 0.145 e. The third kappa shape index (κ3) is 3.24.